The topological polar surface area (TPSA) is 79.4 Å². The van der Waals surface area contributed by atoms with Gasteiger partial charge in [0.1, 0.15) is 10.3 Å². The number of nitrogens with one attached hydrogen (secondary N) is 1. The molecule has 0 amide bonds. The van der Waals surface area contributed by atoms with Crippen LogP contribution in [0.15, 0.2) is 6.20 Å². The van der Waals surface area contributed by atoms with E-state index in [1.807, 2.05) is 0 Å². The second-order valence-electron chi connectivity index (χ2n) is 5.50. The molecular weight excluding hydrogens is 316 g/mol. The van der Waals surface area contributed by atoms with Gasteiger partial charge in [0.05, 0.1) is 31.8 Å². The number of hydrogen-bond donors (Lipinski definition) is 1. The molecule has 2 fully saturated rings. The van der Waals surface area contributed by atoms with E-state index in [-0.39, 0.29) is 0 Å². The molecule has 9 heteroatoms. The first-order valence-electron chi connectivity index (χ1n) is 7.74. The van der Waals surface area contributed by atoms with Gasteiger partial charge in [0, 0.05) is 32.4 Å². The third-order valence-corrected chi connectivity index (χ3v) is 4.36. The van der Waals surface area contributed by atoms with Crippen molar-refractivity contribution in [3.05, 3.63) is 10.8 Å². The Bertz CT molecular complexity index is 749. The standard InChI is InChI=1S/C14H18N6O2S/c23-12-10-9-15-13(19-1-5-21-6-2-19)16-11(10)17-14(18-12)20-3-7-22-8-4-20/h9H,1-8H2,(H,15,16,17,18,23). The lowest BCUT2D eigenvalue weighted by Crippen LogP contribution is -2.38. The van der Waals surface area contributed by atoms with E-state index in [2.05, 4.69) is 29.7 Å². The fourth-order valence-electron chi connectivity index (χ4n) is 2.76. The Balaban J connectivity index is 1.71. The van der Waals surface area contributed by atoms with Gasteiger partial charge in [-0.05, 0) is 0 Å². The summed E-state index contributed by atoms with van der Waals surface area (Å²) < 4.78 is 11.3. The fourth-order valence-corrected chi connectivity index (χ4v) is 2.99. The number of rotatable bonds is 2. The molecule has 4 rings (SSSR count). The summed E-state index contributed by atoms with van der Waals surface area (Å²) in [5.41, 5.74) is 0.725. The number of morpholine rings is 2. The third-order valence-electron chi connectivity index (χ3n) is 4.05. The maximum absolute atomic E-state index is 5.41. The van der Waals surface area contributed by atoms with Gasteiger partial charge >= 0.3 is 0 Å². The lowest BCUT2D eigenvalue weighted by atomic mass is 10.4. The zero-order valence-electron chi connectivity index (χ0n) is 12.7. The van der Waals surface area contributed by atoms with Crippen molar-refractivity contribution < 1.29 is 9.47 Å². The highest BCUT2D eigenvalue weighted by molar-refractivity contribution is 7.71. The van der Waals surface area contributed by atoms with Crippen molar-refractivity contribution in [1.82, 2.24) is 19.9 Å². The first-order chi connectivity index (χ1) is 11.3. The average molecular weight is 334 g/mol. The van der Waals surface area contributed by atoms with Gasteiger partial charge in [-0.25, -0.2) is 9.97 Å². The Kier molecular flexibility index (Phi) is 4.06. The van der Waals surface area contributed by atoms with E-state index in [0.717, 1.165) is 43.2 Å². The van der Waals surface area contributed by atoms with Crippen molar-refractivity contribution in [2.45, 2.75) is 0 Å². The maximum atomic E-state index is 5.41. The predicted octanol–water partition coefficient (Wildman–Crippen LogP) is 0.756. The molecule has 2 aliphatic rings. The molecule has 0 aromatic carbocycles. The van der Waals surface area contributed by atoms with Crippen molar-refractivity contribution in [3.63, 3.8) is 0 Å². The van der Waals surface area contributed by atoms with Crippen LogP contribution in [-0.4, -0.2) is 72.5 Å². The zero-order valence-corrected chi connectivity index (χ0v) is 13.5. The quantitative estimate of drug-likeness (QED) is 0.806. The lowest BCUT2D eigenvalue weighted by molar-refractivity contribution is 0.122. The van der Waals surface area contributed by atoms with E-state index < -0.39 is 0 Å². The van der Waals surface area contributed by atoms with Gasteiger partial charge in [0.25, 0.3) is 0 Å². The van der Waals surface area contributed by atoms with Crippen LogP contribution in [0, 0.1) is 4.64 Å². The Hall–Kier alpha value is -1.84. The molecule has 2 aromatic heterocycles. The van der Waals surface area contributed by atoms with Gasteiger partial charge < -0.3 is 24.3 Å². The van der Waals surface area contributed by atoms with Crippen LogP contribution in [0.25, 0.3) is 11.0 Å². The average Bonchev–Trinajstić information content (AvgIpc) is 2.63. The van der Waals surface area contributed by atoms with E-state index in [1.54, 1.807) is 6.20 Å². The van der Waals surface area contributed by atoms with Gasteiger partial charge in [-0.2, -0.15) is 4.98 Å². The Morgan fingerprint density at radius 1 is 0.957 bits per heavy atom. The minimum Gasteiger partial charge on any atom is -0.378 e. The first-order valence-corrected chi connectivity index (χ1v) is 8.14. The number of fused-ring (bicyclic) bond motifs is 1. The Labute approximate surface area is 138 Å². The summed E-state index contributed by atoms with van der Waals surface area (Å²) in [4.78, 5) is 21.1. The molecule has 122 valence electrons. The first kappa shape index (κ1) is 14.7. The van der Waals surface area contributed by atoms with Gasteiger partial charge in [0.2, 0.25) is 11.9 Å². The third kappa shape index (κ3) is 2.99. The van der Waals surface area contributed by atoms with Gasteiger partial charge in [0.15, 0.2) is 0 Å². The van der Waals surface area contributed by atoms with Crippen LogP contribution in [0.2, 0.25) is 0 Å². The summed E-state index contributed by atoms with van der Waals surface area (Å²) in [6.45, 7) is 5.99. The highest BCUT2D eigenvalue weighted by atomic mass is 32.1. The number of aromatic amines is 1. The van der Waals surface area contributed by atoms with Crippen molar-refractivity contribution in [2.75, 3.05) is 62.4 Å². The molecule has 0 atom stereocenters. The number of hydrogen-bond acceptors (Lipinski definition) is 8. The van der Waals surface area contributed by atoms with Crippen LogP contribution in [0.1, 0.15) is 0 Å². The second-order valence-corrected chi connectivity index (χ2v) is 5.88. The highest BCUT2D eigenvalue weighted by Gasteiger charge is 2.17. The van der Waals surface area contributed by atoms with E-state index in [9.17, 15) is 0 Å². The normalized spacial score (nSPS) is 19.3. The predicted molar refractivity (Wildman–Crippen MR) is 88.6 cm³/mol. The van der Waals surface area contributed by atoms with Crippen LogP contribution in [0.3, 0.4) is 0 Å². The van der Waals surface area contributed by atoms with E-state index >= 15 is 0 Å². The number of nitrogens with zero attached hydrogens (tertiary/aromatic N) is 5. The molecule has 8 nitrogen and oxygen atoms in total. The second kappa shape index (κ2) is 6.34. The van der Waals surface area contributed by atoms with Crippen LogP contribution in [0.5, 0.6) is 0 Å². The van der Waals surface area contributed by atoms with Gasteiger partial charge in [-0.3, -0.25) is 0 Å². The molecule has 0 bridgehead atoms. The van der Waals surface area contributed by atoms with Crippen LogP contribution in [-0.2, 0) is 9.47 Å². The fraction of sp³-hybridized carbons (Fsp3) is 0.571. The SMILES string of the molecule is S=c1nc(N2CCOCC2)[nH]c2nc(N3CCOCC3)ncc12. The minimum absolute atomic E-state index is 0.522. The molecule has 0 radical (unpaired) electrons. The van der Waals surface area contributed by atoms with E-state index in [1.165, 1.54) is 0 Å². The zero-order chi connectivity index (χ0) is 15.6. The van der Waals surface area contributed by atoms with Gasteiger partial charge in [-0.1, -0.05) is 12.2 Å². The van der Waals surface area contributed by atoms with Crippen molar-refractivity contribution in [3.8, 4) is 0 Å². The summed E-state index contributed by atoms with van der Waals surface area (Å²) in [6.07, 6.45) is 1.75. The number of ether oxygens (including phenoxy) is 2. The number of anilines is 2. The minimum atomic E-state index is 0.522. The summed E-state index contributed by atoms with van der Waals surface area (Å²) in [6, 6.07) is 0. The van der Waals surface area contributed by atoms with E-state index in [0.29, 0.717) is 37.0 Å². The highest BCUT2D eigenvalue weighted by Crippen LogP contribution is 2.19. The number of aromatic nitrogens is 4. The summed E-state index contributed by atoms with van der Waals surface area (Å²) in [5.74, 6) is 1.45. The van der Waals surface area contributed by atoms with Crippen molar-refractivity contribution >= 4 is 35.1 Å². The summed E-state index contributed by atoms with van der Waals surface area (Å²) in [7, 11) is 0. The van der Waals surface area contributed by atoms with Crippen LogP contribution >= 0.6 is 12.2 Å². The molecule has 0 unspecified atom stereocenters. The molecule has 2 saturated heterocycles. The molecule has 2 aliphatic heterocycles. The van der Waals surface area contributed by atoms with E-state index in [4.69, 9.17) is 21.7 Å². The van der Waals surface area contributed by atoms with Crippen molar-refractivity contribution in [1.29, 1.82) is 0 Å². The molecule has 0 saturated carbocycles. The monoisotopic (exact) mass is 334 g/mol. The molecule has 23 heavy (non-hydrogen) atoms. The van der Waals surface area contributed by atoms with Crippen LogP contribution in [0.4, 0.5) is 11.9 Å². The Morgan fingerprint density at radius 2 is 1.61 bits per heavy atom. The largest absolute Gasteiger partial charge is 0.378 e. The molecular formula is C14H18N6O2S. The lowest BCUT2D eigenvalue weighted by Gasteiger charge is -2.28. The summed E-state index contributed by atoms with van der Waals surface area (Å²) in [5, 5.41) is 0.772. The van der Waals surface area contributed by atoms with Crippen LogP contribution < -0.4 is 9.80 Å². The molecule has 2 aromatic rings. The summed E-state index contributed by atoms with van der Waals surface area (Å²) >= 11 is 5.41. The smallest absolute Gasteiger partial charge is 0.227 e. The van der Waals surface area contributed by atoms with Gasteiger partial charge in [-0.15, -0.1) is 0 Å². The Morgan fingerprint density at radius 3 is 2.30 bits per heavy atom. The maximum Gasteiger partial charge on any atom is 0.227 e. The molecule has 0 spiro atoms. The van der Waals surface area contributed by atoms with Crippen molar-refractivity contribution in [2.24, 2.45) is 0 Å². The molecule has 4 heterocycles. The number of H-pyrrole nitrogens is 1. The molecule has 1 N–H and O–H groups in total. The molecule has 0 aliphatic carbocycles.